The Morgan fingerprint density at radius 2 is 1.96 bits per heavy atom. The highest BCUT2D eigenvalue weighted by molar-refractivity contribution is 7.99. The van der Waals surface area contributed by atoms with Crippen LogP contribution in [-0.4, -0.2) is 31.3 Å². The number of carbonyl (C=O) groups excluding carboxylic acids is 1. The summed E-state index contributed by atoms with van der Waals surface area (Å²) in [5, 5.41) is 9.42. The Labute approximate surface area is 151 Å². The van der Waals surface area contributed by atoms with Gasteiger partial charge in [-0.2, -0.15) is 0 Å². The number of Topliss-reactive ketones (excluding diaryl/α,β-unsaturated/α-hetero) is 1. The zero-order valence-corrected chi connectivity index (χ0v) is 14.9. The second-order valence-electron chi connectivity index (χ2n) is 5.62. The molecule has 128 valence electrons. The summed E-state index contributed by atoms with van der Waals surface area (Å²) in [5.74, 6) is 1.42. The van der Waals surface area contributed by atoms with E-state index in [1.807, 2.05) is 37.3 Å². The first kappa shape index (κ1) is 17.4. The van der Waals surface area contributed by atoms with Gasteiger partial charge in [-0.3, -0.25) is 9.78 Å². The summed E-state index contributed by atoms with van der Waals surface area (Å²) in [6, 6.07) is 14.2. The second-order valence-corrected chi connectivity index (χ2v) is 6.56. The Kier molecular flexibility index (Phi) is 5.95. The van der Waals surface area contributed by atoms with E-state index in [9.17, 15) is 4.79 Å². The van der Waals surface area contributed by atoms with E-state index in [1.54, 1.807) is 12.4 Å². The molecule has 0 atom stereocenters. The van der Waals surface area contributed by atoms with Crippen LogP contribution in [0.1, 0.15) is 18.9 Å². The van der Waals surface area contributed by atoms with Crippen LogP contribution >= 0.6 is 11.8 Å². The van der Waals surface area contributed by atoms with E-state index >= 15 is 0 Å². The summed E-state index contributed by atoms with van der Waals surface area (Å²) in [6.45, 7) is 2.63. The first-order valence-corrected chi connectivity index (χ1v) is 9.28. The standard InChI is InChI=1S/C19H20N4OS/c1-2-17(24)14-25-19-22-21-18(16-9-6-11-20-13-16)23(19)12-10-15-7-4-3-5-8-15/h3-9,11,13H,2,10,12,14H2,1H3. The lowest BCUT2D eigenvalue weighted by Gasteiger charge is -2.10. The van der Waals surface area contributed by atoms with Crippen LogP contribution < -0.4 is 0 Å². The molecule has 2 aromatic heterocycles. The fourth-order valence-electron chi connectivity index (χ4n) is 2.44. The highest BCUT2D eigenvalue weighted by atomic mass is 32.2. The van der Waals surface area contributed by atoms with Gasteiger partial charge in [0.2, 0.25) is 0 Å². The fourth-order valence-corrected chi connectivity index (χ4v) is 3.36. The van der Waals surface area contributed by atoms with Crippen molar-refractivity contribution in [2.24, 2.45) is 0 Å². The third-order valence-corrected chi connectivity index (χ3v) is 4.89. The molecule has 1 aromatic carbocycles. The molecule has 0 unspecified atom stereocenters. The van der Waals surface area contributed by atoms with Crippen molar-refractivity contribution >= 4 is 17.5 Å². The minimum Gasteiger partial charge on any atom is -0.302 e. The normalized spacial score (nSPS) is 10.8. The summed E-state index contributed by atoms with van der Waals surface area (Å²) in [4.78, 5) is 15.8. The number of hydrogen-bond donors (Lipinski definition) is 0. The van der Waals surface area contributed by atoms with E-state index < -0.39 is 0 Å². The van der Waals surface area contributed by atoms with Gasteiger partial charge in [0.1, 0.15) is 5.78 Å². The van der Waals surface area contributed by atoms with Crippen LogP contribution in [0.5, 0.6) is 0 Å². The number of benzene rings is 1. The number of thioether (sulfide) groups is 1. The SMILES string of the molecule is CCC(=O)CSc1nnc(-c2cccnc2)n1CCc1ccccc1. The molecule has 0 aliphatic heterocycles. The lowest BCUT2D eigenvalue weighted by atomic mass is 10.1. The topological polar surface area (TPSA) is 60.7 Å². The smallest absolute Gasteiger partial charge is 0.191 e. The minimum absolute atomic E-state index is 0.213. The van der Waals surface area contributed by atoms with Gasteiger partial charge in [-0.15, -0.1) is 10.2 Å². The molecule has 0 saturated carbocycles. The molecular weight excluding hydrogens is 332 g/mol. The maximum atomic E-state index is 11.7. The number of rotatable bonds is 8. The summed E-state index contributed by atoms with van der Waals surface area (Å²) >= 11 is 1.45. The Morgan fingerprint density at radius 1 is 1.12 bits per heavy atom. The van der Waals surface area contributed by atoms with Gasteiger partial charge in [0, 0.05) is 30.9 Å². The van der Waals surface area contributed by atoms with Crippen LogP contribution in [0.3, 0.4) is 0 Å². The highest BCUT2D eigenvalue weighted by Gasteiger charge is 2.15. The molecule has 0 bridgehead atoms. The van der Waals surface area contributed by atoms with Crippen LogP contribution in [0.4, 0.5) is 0 Å². The van der Waals surface area contributed by atoms with Gasteiger partial charge < -0.3 is 4.57 Å². The quantitative estimate of drug-likeness (QED) is 0.579. The third-order valence-electron chi connectivity index (χ3n) is 3.86. The number of aromatic nitrogens is 4. The monoisotopic (exact) mass is 352 g/mol. The van der Waals surface area contributed by atoms with Crippen LogP contribution in [0.25, 0.3) is 11.4 Å². The number of pyridine rings is 1. The minimum atomic E-state index is 0.213. The largest absolute Gasteiger partial charge is 0.302 e. The molecule has 0 amide bonds. The number of nitrogens with zero attached hydrogens (tertiary/aromatic N) is 4. The second kappa shape index (κ2) is 8.58. The molecule has 6 heteroatoms. The predicted molar refractivity (Wildman–Crippen MR) is 99.4 cm³/mol. The van der Waals surface area contributed by atoms with E-state index in [2.05, 4.69) is 31.9 Å². The highest BCUT2D eigenvalue weighted by Crippen LogP contribution is 2.24. The van der Waals surface area contributed by atoms with Crippen molar-refractivity contribution in [3.63, 3.8) is 0 Å². The molecule has 0 fully saturated rings. The maximum absolute atomic E-state index is 11.7. The molecule has 3 aromatic rings. The molecular formula is C19H20N4OS. The van der Waals surface area contributed by atoms with Crippen molar-refractivity contribution in [3.05, 3.63) is 60.4 Å². The summed E-state index contributed by atoms with van der Waals surface area (Å²) in [7, 11) is 0. The van der Waals surface area contributed by atoms with E-state index in [0.29, 0.717) is 12.2 Å². The third kappa shape index (κ3) is 4.54. The average Bonchev–Trinajstić information content (AvgIpc) is 3.08. The zero-order valence-electron chi connectivity index (χ0n) is 14.1. The molecule has 0 spiro atoms. The summed E-state index contributed by atoms with van der Waals surface area (Å²) in [6.07, 6.45) is 4.94. The summed E-state index contributed by atoms with van der Waals surface area (Å²) < 4.78 is 2.08. The predicted octanol–water partition coefficient (Wildman–Crippen LogP) is 3.65. The lowest BCUT2D eigenvalue weighted by molar-refractivity contribution is -0.116. The van der Waals surface area contributed by atoms with Gasteiger partial charge in [0.05, 0.1) is 5.75 Å². The average molecular weight is 352 g/mol. The molecule has 5 nitrogen and oxygen atoms in total. The van der Waals surface area contributed by atoms with Crippen molar-refractivity contribution in [1.29, 1.82) is 0 Å². The van der Waals surface area contributed by atoms with Crippen LogP contribution in [-0.2, 0) is 17.8 Å². The Morgan fingerprint density at radius 3 is 2.68 bits per heavy atom. The van der Waals surface area contributed by atoms with Crippen molar-refractivity contribution in [2.75, 3.05) is 5.75 Å². The van der Waals surface area contributed by atoms with E-state index in [4.69, 9.17) is 0 Å². The van der Waals surface area contributed by atoms with E-state index in [0.717, 1.165) is 29.5 Å². The number of aryl methyl sites for hydroxylation is 1. The molecule has 0 aliphatic rings. The fraction of sp³-hybridized carbons (Fsp3) is 0.263. The van der Waals surface area contributed by atoms with Gasteiger partial charge in [-0.05, 0) is 24.1 Å². The van der Waals surface area contributed by atoms with Gasteiger partial charge in [-0.1, -0.05) is 49.0 Å². The van der Waals surface area contributed by atoms with Crippen molar-refractivity contribution < 1.29 is 4.79 Å². The van der Waals surface area contributed by atoms with Gasteiger partial charge in [0.25, 0.3) is 0 Å². The maximum Gasteiger partial charge on any atom is 0.191 e. The molecule has 0 saturated heterocycles. The molecule has 25 heavy (non-hydrogen) atoms. The van der Waals surface area contributed by atoms with E-state index in [-0.39, 0.29) is 5.78 Å². The van der Waals surface area contributed by atoms with E-state index in [1.165, 1.54) is 17.3 Å². The number of ketones is 1. The van der Waals surface area contributed by atoms with Gasteiger partial charge in [-0.25, -0.2) is 0 Å². The molecule has 3 rings (SSSR count). The summed E-state index contributed by atoms with van der Waals surface area (Å²) in [5.41, 5.74) is 2.19. The van der Waals surface area contributed by atoms with Gasteiger partial charge >= 0.3 is 0 Å². The first-order chi connectivity index (χ1) is 12.3. The van der Waals surface area contributed by atoms with Crippen LogP contribution in [0.15, 0.2) is 60.0 Å². The zero-order chi connectivity index (χ0) is 17.5. The molecule has 0 radical (unpaired) electrons. The van der Waals surface area contributed by atoms with Crippen LogP contribution in [0, 0.1) is 0 Å². The lowest BCUT2D eigenvalue weighted by Crippen LogP contribution is -2.07. The Balaban J connectivity index is 1.85. The molecule has 0 N–H and O–H groups in total. The van der Waals surface area contributed by atoms with Gasteiger partial charge in [0.15, 0.2) is 11.0 Å². The van der Waals surface area contributed by atoms with Crippen LogP contribution in [0.2, 0.25) is 0 Å². The van der Waals surface area contributed by atoms with Crippen molar-refractivity contribution in [2.45, 2.75) is 31.5 Å². The Bertz CT molecular complexity index is 818. The Hall–Kier alpha value is -2.47. The number of hydrogen-bond acceptors (Lipinski definition) is 5. The molecule has 0 aliphatic carbocycles. The van der Waals surface area contributed by atoms with Crippen molar-refractivity contribution in [1.82, 2.24) is 19.7 Å². The molecule has 2 heterocycles. The van der Waals surface area contributed by atoms with Crippen molar-refractivity contribution in [3.8, 4) is 11.4 Å². The number of carbonyl (C=O) groups is 1. The first-order valence-electron chi connectivity index (χ1n) is 8.30.